The maximum atomic E-state index is 5.99. The fraction of sp³-hybridized carbons (Fsp3) is 0.273. The van der Waals surface area contributed by atoms with Crippen LogP contribution in [0.25, 0.3) is 0 Å². The number of nitrogens with zero attached hydrogens (tertiary/aromatic N) is 1. The molecule has 0 amide bonds. The molecule has 0 bridgehead atoms. The van der Waals surface area contributed by atoms with Crippen LogP contribution in [0.15, 0.2) is 43.0 Å². The molecule has 1 aromatic rings. The number of hydrogen-bond donors (Lipinski definition) is 1. The summed E-state index contributed by atoms with van der Waals surface area (Å²) in [6.45, 7) is 3.81. The van der Waals surface area contributed by atoms with E-state index in [9.17, 15) is 0 Å². The summed E-state index contributed by atoms with van der Waals surface area (Å²) in [5.41, 5.74) is 1.20. The standard InChI is InChI=1S/C11H17N2.ClH/c1-4-11(13(2,3)12)10-8-6-5-7-9-10;/h4-9,11H,1,12H2,2-3H3;1H/q+1;/p-1. The lowest BCUT2D eigenvalue weighted by Gasteiger charge is -2.30. The van der Waals surface area contributed by atoms with E-state index in [-0.39, 0.29) is 18.4 Å². The minimum Gasteiger partial charge on any atom is -1.00 e. The molecule has 2 nitrogen and oxygen atoms in total. The van der Waals surface area contributed by atoms with E-state index in [1.54, 1.807) is 0 Å². The Labute approximate surface area is 92.0 Å². The van der Waals surface area contributed by atoms with Crippen LogP contribution < -0.4 is 18.2 Å². The Morgan fingerprint density at radius 2 is 1.79 bits per heavy atom. The molecule has 1 unspecified atom stereocenters. The first-order chi connectivity index (χ1) is 6.05. The van der Waals surface area contributed by atoms with Crippen molar-refractivity contribution in [2.75, 3.05) is 14.1 Å². The molecule has 0 aromatic heterocycles. The van der Waals surface area contributed by atoms with Gasteiger partial charge in [0.05, 0.1) is 14.1 Å². The van der Waals surface area contributed by atoms with Crippen LogP contribution in [0.2, 0.25) is 0 Å². The lowest BCUT2D eigenvalue weighted by Crippen LogP contribution is -3.00. The van der Waals surface area contributed by atoms with Gasteiger partial charge in [0.15, 0.2) is 0 Å². The van der Waals surface area contributed by atoms with E-state index in [0.29, 0.717) is 4.59 Å². The molecule has 0 fully saturated rings. The van der Waals surface area contributed by atoms with Gasteiger partial charge in [0, 0.05) is 5.56 Å². The Balaban J connectivity index is 0.00000169. The average molecular weight is 213 g/mol. The van der Waals surface area contributed by atoms with Crippen molar-refractivity contribution in [3.8, 4) is 0 Å². The number of halogens is 1. The van der Waals surface area contributed by atoms with Crippen LogP contribution in [0.5, 0.6) is 0 Å². The van der Waals surface area contributed by atoms with Crippen molar-refractivity contribution < 1.29 is 17.0 Å². The first-order valence-electron chi connectivity index (χ1n) is 4.35. The molecule has 2 N–H and O–H groups in total. The van der Waals surface area contributed by atoms with Crippen LogP contribution in [-0.2, 0) is 0 Å². The Morgan fingerprint density at radius 1 is 1.29 bits per heavy atom. The van der Waals surface area contributed by atoms with Gasteiger partial charge in [-0.25, -0.2) is 4.59 Å². The number of hydrogen-bond acceptors (Lipinski definition) is 1. The zero-order valence-corrected chi connectivity index (χ0v) is 9.41. The molecule has 0 aliphatic carbocycles. The third-order valence-electron chi connectivity index (χ3n) is 2.08. The zero-order chi connectivity index (χ0) is 9.90. The van der Waals surface area contributed by atoms with Crippen molar-refractivity contribution in [1.82, 2.24) is 0 Å². The summed E-state index contributed by atoms with van der Waals surface area (Å²) >= 11 is 0. The van der Waals surface area contributed by atoms with Crippen LogP contribution in [0.1, 0.15) is 11.6 Å². The fourth-order valence-corrected chi connectivity index (χ4v) is 1.44. The van der Waals surface area contributed by atoms with Crippen molar-refractivity contribution in [2.24, 2.45) is 5.84 Å². The molecule has 3 heteroatoms. The molecule has 0 aliphatic rings. The Morgan fingerprint density at radius 3 is 2.14 bits per heavy atom. The van der Waals surface area contributed by atoms with Crippen molar-refractivity contribution in [3.05, 3.63) is 48.6 Å². The van der Waals surface area contributed by atoms with Gasteiger partial charge in [-0.05, 0) is 6.08 Å². The molecule has 1 aromatic carbocycles. The Hall–Kier alpha value is -0.830. The summed E-state index contributed by atoms with van der Waals surface area (Å²) in [5.74, 6) is 5.99. The van der Waals surface area contributed by atoms with Crippen LogP contribution in [0.3, 0.4) is 0 Å². The predicted molar refractivity (Wildman–Crippen MR) is 55.7 cm³/mol. The van der Waals surface area contributed by atoms with Crippen molar-refractivity contribution in [1.29, 1.82) is 0 Å². The quantitative estimate of drug-likeness (QED) is 0.292. The van der Waals surface area contributed by atoms with E-state index in [2.05, 4.69) is 18.7 Å². The minimum absolute atomic E-state index is 0. The van der Waals surface area contributed by atoms with E-state index in [1.807, 2.05) is 38.4 Å². The predicted octanol–water partition coefficient (Wildman–Crippen LogP) is -1.13. The van der Waals surface area contributed by atoms with Crippen LogP contribution in [-0.4, -0.2) is 18.7 Å². The third-order valence-corrected chi connectivity index (χ3v) is 2.08. The van der Waals surface area contributed by atoms with Crippen LogP contribution in [0, 0.1) is 0 Å². The molecule has 0 radical (unpaired) electrons. The third kappa shape index (κ3) is 3.14. The smallest absolute Gasteiger partial charge is 0.150 e. The summed E-state index contributed by atoms with van der Waals surface area (Å²) in [6, 6.07) is 10.3. The van der Waals surface area contributed by atoms with Gasteiger partial charge < -0.3 is 12.4 Å². The largest absolute Gasteiger partial charge is 1.00 e. The van der Waals surface area contributed by atoms with E-state index < -0.39 is 0 Å². The van der Waals surface area contributed by atoms with Gasteiger partial charge in [-0.3, -0.25) is 0 Å². The number of benzene rings is 1. The lowest BCUT2D eigenvalue weighted by molar-refractivity contribution is -0.926. The highest BCUT2D eigenvalue weighted by Gasteiger charge is 2.22. The first-order valence-corrected chi connectivity index (χ1v) is 4.35. The van der Waals surface area contributed by atoms with Gasteiger partial charge in [-0.1, -0.05) is 36.9 Å². The van der Waals surface area contributed by atoms with E-state index >= 15 is 0 Å². The lowest BCUT2D eigenvalue weighted by atomic mass is 10.1. The number of nitrogens with two attached hydrogens (primary N) is 1. The van der Waals surface area contributed by atoms with E-state index in [1.165, 1.54) is 5.56 Å². The maximum Gasteiger partial charge on any atom is 0.150 e. The summed E-state index contributed by atoms with van der Waals surface area (Å²) in [4.78, 5) is 0. The van der Waals surface area contributed by atoms with Gasteiger partial charge in [-0.15, -0.1) is 0 Å². The molecule has 1 rings (SSSR count). The molecule has 1 atom stereocenters. The number of rotatable bonds is 3. The van der Waals surface area contributed by atoms with Gasteiger partial charge in [0.2, 0.25) is 0 Å². The van der Waals surface area contributed by atoms with Crippen molar-refractivity contribution >= 4 is 0 Å². The highest BCUT2D eigenvalue weighted by atomic mass is 35.5. The highest BCUT2D eigenvalue weighted by Crippen LogP contribution is 2.21. The fourth-order valence-electron chi connectivity index (χ4n) is 1.44. The maximum absolute atomic E-state index is 5.99. The topological polar surface area (TPSA) is 26.0 Å². The van der Waals surface area contributed by atoms with Gasteiger partial charge >= 0.3 is 0 Å². The minimum atomic E-state index is 0. The summed E-state index contributed by atoms with van der Waals surface area (Å²) in [7, 11) is 3.92. The average Bonchev–Trinajstić information content (AvgIpc) is 2.05. The molecule has 0 aliphatic heterocycles. The second kappa shape index (κ2) is 5.15. The second-order valence-corrected chi connectivity index (χ2v) is 3.72. The van der Waals surface area contributed by atoms with Gasteiger partial charge in [-0.2, -0.15) is 5.84 Å². The Bertz CT molecular complexity index is 277. The van der Waals surface area contributed by atoms with Crippen molar-refractivity contribution in [3.63, 3.8) is 0 Å². The molecule has 0 saturated carbocycles. The summed E-state index contributed by atoms with van der Waals surface area (Å²) in [6.07, 6.45) is 1.88. The molecule has 14 heavy (non-hydrogen) atoms. The second-order valence-electron chi connectivity index (χ2n) is 3.72. The highest BCUT2D eigenvalue weighted by molar-refractivity contribution is 5.20. The Kier molecular flexibility index (Phi) is 4.85. The number of quaternary nitrogens is 1. The van der Waals surface area contributed by atoms with Gasteiger partial charge in [0.25, 0.3) is 0 Å². The SMILES string of the molecule is C=CC(c1ccccc1)[N+](C)(C)N.[Cl-]. The summed E-state index contributed by atoms with van der Waals surface area (Å²) in [5, 5.41) is 0. The van der Waals surface area contributed by atoms with Crippen LogP contribution >= 0.6 is 0 Å². The zero-order valence-electron chi connectivity index (χ0n) is 8.65. The first kappa shape index (κ1) is 13.2. The van der Waals surface area contributed by atoms with Crippen LogP contribution in [0.4, 0.5) is 0 Å². The van der Waals surface area contributed by atoms with E-state index in [0.717, 1.165) is 0 Å². The van der Waals surface area contributed by atoms with E-state index in [4.69, 9.17) is 5.84 Å². The molecule has 78 valence electrons. The molecular weight excluding hydrogens is 196 g/mol. The summed E-state index contributed by atoms with van der Waals surface area (Å²) < 4.78 is 0.382. The molecule has 0 spiro atoms. The molecular formula is C11H17ClN2. The number of likely N-dealkylation sites (N-methyl/N-ethyl adjacent to an activating group) is 1. The normalized spacial score (nSPS) is 12.8. The van der Waals surface area contributed by atoms with Crippen molar-refractivity contribution in [2.45, 2.75) is 6.04 Å². The monoisotopic (exact) mass is 212 g/mol. The van der Waals surface area contributed by atoms with Gasteiger partial charge in [0.1, 0.15) is 6.04 Å². The molecule has 0 saturated heterocycles. The molecule has 0 heterocycles.